The van der Waals surface area contributed by atoms with E-state index in [-0.39, 0.29) is 11.5 Å². The quantitative estimate of drug-likeness (QED) is 0.476. The van der Waals surface area contributed by atoms with E-state index in [0.717, 1.165) is 11.4 Å². The highest BCUT2D eigenvalue weighted by Gasteiger charge is 2.23. The molecule has 35 heavy (non-hydrogen) atoms. The van der Waals surface area contributed by atoms with Crippen LogP contribution in [0.4, 0.5) is 5.82 Å². The summed E-state index contributed by atoms with van der Waals surface area (Å²) in [6.45, 7) is 2.49. The maximum atomic E-state index is 13.2. The second-order valence-electron chi connectivity index (χ2n) is 8.36. The average Bonchev–Trinajstić information content (AvgIpc) is 2.90. The van der Waals surface area contributed by atoms with E-state index in [1.54, 1.807) is 30.5 Å². The number of carbonyl (C=O) groups is 1. The highest BCUT2D eigenvalue weighted by atomic mass is 35.5. The minimum absolute atomic E-state index is 0.0263. The van der Waals surface area contributed by atoms with Gasteiger partial charge in [-0.2, -0.15) is 10.4 Å². The lowest BCUT2D eigenvalue weighted by Crippen LogP contribution is -2.49. The van der Waals surface area contributed by atoms with Crippen LogP contribution in [0.5, 0.6) is 0 Å². The van der Waals surface area contributed by atoms with Crippen molar-refractivity contribution >= 4 is 34.1 Å². The molecule has 0 spiro atoms. The number of piperazine rings is 1. The first-order valence-electron chi connectivity index (χ1n) is 11.2. The number of rotatable bonds is 4. The summed E-state index contributed by atoms with van der Waals surface area (Å²) in [5.74, 6) is 0.778. The van der Waals surface area contributed by atoms with Gasteiger partial charge in [-0.15, -0.1) is 0 Å². The highest BCUT2D eigenvalue weighted by molar-refractivity contribution is 6.31. The van der Waals surface area contributed by atoms with Crippen LogP contribution in [0.1, 0.15) is 27.2 Å². The summed E-state index contributed by atoms with van der Waals surface area (Å²) < 4.78 is 0. The van der Waals surface area contributed by atoms with Gasteiger partial charge in [-0.1, -0.05) is 23.7 Å². The minimum atomic E-state index is -0.264. The van der Waals surface area contributed by atoms with Crippen molar-refractivity contribution in [1.82, 2.24) is 20.1 Å². The van der Waals surface area contributed by atoms with E-state index < -0.39 is 0 Å². The van der Waals surface area contributed by atoms with Gasteiger partial charge >= 0.3 is 0 Å². The number of fused-ring (bicyclic) bond motifs is 1. The van der Waals surface area contributed by atoms with Crippen LogP contribution in [-0.2, 0) is 6.42 Å². The number of hydrogen-bond acceptors (Lipinski definition) is 6. The number of nitriles is 1. The topological polar surface area (TPSA) is 106 Å². The Morgan fingerprint density at radius 2 is 1.89 bits per heavy atom. The lowest BCUT2D eigenvalue weighted by atomic mass is 10.0. The number of benzene rings is 2. The Morgan fingerprint density at radius 1 is 1.06 bits per heavy atom. The lowest BCUT2D eigenvalue weighted by Gasteiger charge is -2.35. The molecule has 0 bridgehead atoms. The Bertz CT molecular complexity index is 1500. The number of nitrogens with one attached hydrogen (secondary N) is 1. The Labute approximate surface area is 206 Å². The van der Waals surface area contributed by atoms with Gasteiger partial charge in [0.05, 0.1) is 16.6 Å². The van der Waals surface area contributed by atoms with Gasteiger partial charge in [0.1, 0.15) is 11.9 Å². The predicted octanol–water partition coefficient (Wildman–Crippen LogP) is 3.40. The molecule has 9 heteroatoms. The molecule has 0 atom stereocenters. The first kappa shape index (κ1) is 22.6. The third-order valence-corrected chi connectivity index (χ3v) is 6.38. The SMILES string of the molecule is N#Cc1ccc(N2CCN(C(=O)c3cccc(Cc4n[nH]c(=O)c5ccc(Cl)cc45)c3)CC2)nc1. The van der Waals surface area contributed by atoms with Gasteiger partial charge in [-0.05, 0) is 48.0 Å². The van der Waals surface area contributed by atoms with E-state index >= 15 is 0 Å². The van der Waals surface area contributed by atoms with Crippen molar-refractivity contribution in [2.45, 2.75) is 6.42 Å². The molecule has 1 saturated heterocycles. The zero-order valence-corrected chi connectivity index (χ0v) is 19.5. The predicted molar refractivity (Wildman–Crippen MR) is 134 cm³/mol. The standard InChI is InChI=1S/C26H21ClN6O2/c27-20-5-6-21-22(14-20)23(30-31-25(21)34)13-17-2-1-3-19(12-17)26(35)33-10-8-32(9-11-33)24-7-4-18(15-28)16-29-24/h1-7,12,14,16H,8-11,13H2,(H,31,34). The monoisotopic (exact) mass is 484 g/mol. The van der Waals surface area contributed by atoms with Crippen molar-refractivity contribution in [2.24, 2.45) is 0 Å². The molecule has 1 aliphatic rings. The molecule has 1 aliphatic heterocycles. The molecule has 0 aliphatic carbocycles. The molecule has 5 rings (SSSR count). The van der Waals surface area contributed by atoms with Crippen LogP contribution in [0, 0.1) is 11.3 Å². The van der Waals surface area contributed by atoms with Gasteiger partial charge in [0.2, 0.25) is 0 Å². The fourth-order valence-corrected chi connectivity index (χ4v) is 4.47. The lowest BCUT2D eigenvalue weighted by molar-refractivity contribution is 0.0746. The number of pyridine rings is 1. The minimum Gasteiger partial charge on any atom is -0.353 e. The zero-order valence-electron chi connectivity index (χ0n) is 18.7. The molecule has 8 nitrogen and oxygen atoms in total. The van der Waals surface area contributed by atoms with Gasteiger partial charge in [0, 0.05) is 54.8 Å². The van der Waals surface area contributed by atoms with E-state index in [9.17, 15) is 9.59 Å². The fraction of sp³-hybridized carbons (Fsp3) is 0.192. The normalized spacial score (nSPS) is 13.6. The van der Waals surface area contributed by atoms with Crippen molar-refractivity contribution in [1.29, 1.82) is 5.26 Å². The van der Waals surface area contributed by atoms with Crippen molar-refractivity contribution in [3.8, 4) is 6.07 Å². The maximum Gasteiger partial charge on any atom is 0.272 e. The molecular formula is C26H21ClN6O2. The van der Waals surface area contributed by atoms with E-state index in [4.69, 9.17) is 16.9 Å². The first-order chi connectivity index (χ1) is 17.0. The average molecular weight is 485 g/mol. The number of anilines is 1. The maximum absolute atomic E-state index is 13.2. The van der Waals surface area contributed by atoms with Gasteiger partial charge in [-0.25, -0.2) is 10.1 Å². The Kier molecular flexibility index (Phi) is 6.17. The zero-order chi connectivity index (χ0) is 24.4. The summed E-state index contributed by atoms with van der Waals surface area (Å²) in [5, 5.41) is 17.5. The van der Waals surface area contributed by atoms with Gasteiger partial charge in [0.15, 0.2) is 0 Å². The van der Waals surface area contributed by atoms with E-state index in [1.165, 1.54) is 0 Å². The molecule has 1 amide bonds. The third-order valence-electron chi connectivity index (χ3n) is 6.14. The second kappa shape index (κ2) is 9.57. The molecule has 0 radical (unpaired) electrons. The van der Waals surface area contributed by atoms with Crippen molar-refractivity contribution in [3.63, 3.8) is 0 Å². The first-order valence-corrected chi connectivity index (χ1v) is 11.6. The van der Waals surface area contributed by atoms with Crippen molar-refractivity contribution < 1.29 is 4.79 Å². The van der Waals surface area contributed by atoms with Crippen LogP contribution in [0.3, 0.4) is 0 Å². The van der Waals surface area contributed by atoms with E-state index in [2.05, 4.69) is 26.2 Å². The fourth-order valence-electron chi connectivity index (χ4n) is 4.29. The number of aromatic amines is 1. The molecular weight excluding hydrogens is 464 g/mol. The summed E-state index contributed by atoms with van der Waals surface area (Å²) in [4.78, 5) is 33.6. The largest absolute Gasteiger partial charge is 0.353 e. The van der Waals surface area contributed by atoms with Crippen LogP contribution >= 0.6 is 11.6 Å². The van der Waals surface area contributed by atoms with E-state index in [0.29, 0.717) is 65.2 Å². The van der Waals surface area contributed by atoms with Crippen LogP contribution in [0.15, 0.2) is 65.6 Å². The van der Waals surface area contributed by atoms with E-state index in [1.807, 2.05) is 35.2 Å². The van der Waals surface area contributed by atoms with Crippen LogP contribution in [-0.4, -0.2) is 52.2 Å². The molecule has 4 aromatic rings. The van der Waals surface area contributed by atoms with Crippen molar-refractivity contribution in [3.05, 3.63) is 98.6 Å². The Morgan fingerprint density at radius 3 is 2.63 bits per heavy atom. The summed E-state index contributed by atoms with van der Waals surface area (Å²) in [5.41, 5.74) is 2.47. The summed E-state index contributed by atoms with van der Waals surface area (Å²) in [6, 6.07) is 18.3. The molecule has 174 valence electrons. The molecule has 2 aromatic carbocycles. The number of amides is 1. The number of carbonyl (C=O) groups excluding carboxylic acids is 1. The van der Waals surface area contributed by atoms with Crippen LogP contribution in [0.2, 0.25) is 5.02 Å². The van der Waals surface area contributed by atoms with Gasteiger partial charge < -0.3 is 9.80 Å². The Balaban J connectivity index is 1.30. The summed E-state index contributed by atoms with van der Waals surface area (Å²) in [7, 11) is 0. The van der Waals surface area contributed by atoms with Crippen LogP contribution in [0.25, 0.3) is 10.8 Å². The summed E-state index contributed by atoms with van der Waals surface area (Å²) >= 11 is 6.15. The smallest absolute Gasteiger partial charge is 0.272 e. The molecule has 2 aromatic heterocycles. The molecule has 1 N–H and O–H groups in total. The number of nitrogens with zero attached hydrogens (tertiary/aromatic N) is 5. The Hall–Kier alpha value is -4.22. The highest BCUT2D eigenvalue weighted by Crippen LogP contribution is 2.22. The van der Waals surface area contributed by atoms with Gasteiger partial charge in [0.25, 0.3) is 11.5 Å². The molecule has 0 unspecified atom stereocenters. The second-order valence-corrected chi connectivity index (χ2v) is 8.80. The number of halogens is 1. The number of hydrogen-bond donors (Lipinski definition) is 1. The van der Waals surface area contributed by atoms with Crippen LogP contribution < -0.4 is 10.5 Å². The number of aromatic nitrogens is 3. The third kappa shape index (κ3) is 4.72. The molecule has 3 heterocycles. The van der Waals surface area contributed by atoms with Gasteiger partial charge in [-0.3, -0.25) is 9.59 Å². The number of H-pyrrole nitrogens is 1. The molecule has 0 saturated carbocycles. The molecule has 1 fully saturated rings. The van der Waals surface area contributed by atoms with Crippen molar-refractivity contribution in [2.75, 3.05) is 31.1 Å². The summed E-state index contributed by atoms with van der Waals surface area (Å²) in [6.07, 6.45) is 2.01.